The van der Waals surface area contributed by atoms with Gasteiger partial charge in [0.2, 0.25) is 0 Å². The van der Waals surface area contributed by atoms with Gasteiger partial charge in [-0.25, -0.2) is 0 Å². The van der Waals surface area contributed by atoms with Crippen molar-refractivity contribution in [1.29, 1.82) is 0 Å². The number of nitrogens with zero attached hydrogens (tertiary/aromatic N) is 1. The largest absolute Gasteiger partial charge is 0.489 e. The second-order valence-corrected chi connectivity index (χ2v) is 6.17. The molecule has 0 aromatic heterocycles. The molecule has 26 heavy (non-hydrogen) atoms. The van der Waals surface area contributed by atoms with Crippen molar-refractivity contribution in [3.05, 3.63) is 90.0 Å². The van der Waals surface area contributed by atoms with E-state index in [0.29, 0.717) is 17.9 Å². The Morgan fingerprint density at radius 2 is 1.65 bits per heavy atom. The van der Waals surface area contributed by atoms with Gasteiger partial charge in [-0.1, -0.05) is 48.5 Å². The Morgan fingerprint density at radius 3 is 2.42 bits per heavy atom. The quantitative estimate of drug-likeness (QED) is 0.710. The van der Waals surface area contributed by atoms with Crippen molar-refractivity contribution in [1.82, 2.24) is 0 Å². The lowest BCUT2D eigenvalue weighted by atomic mass is 10.2. The maximum Gasteiger partial charge on any atom is 0.255 e. The van der Waals surface area contributed by atoms with Gasteiger partial charge in [-0.05, 0) is 35.9 Å². The Kier molecular flexibility index (Phi) is 5.54. The number of hydrogen-bond acceptors (Lipinski definition) is 3. The zero-order chi connectivity index (χ0) is 18.4. The summed E-state index contributed by atoms with van der Waals surface area (Å²) < 4.78 is 5.81. The molecule has 4 heteroatoms. The Morgan fingerprint density at radius 1 is 0.923 bits per heavy atom. The number of anilines is 2. The van der Waals surface area contributed by atoms with E-state index in [4.69, 9.17) is 4.74 Å². The molecule has 3 rings (SSSR count). The standard InChI is InChI=1S/C22H22N2O2/c1-24(2)21-14-7-6-13-20(21)23-22(25)18-11-8-12-19(15-18)26-16-17-9-4-3-5-10-17/h3-15H,16H2,1-2H3,(H,23,25). The summed E-state index contributed by atoms with van der Waals surface area (Å²) in [6.07, 6.45) is 0. The zero-order valence-electron chi connectivity index (χ0n) is 15.0. The van der Waals surface area contributed by atoms with Crippen LogP contribution in [0.1, 0.15) is 15.9 Å². The molecule has 0 saturated heterocycles. The van der Waals surface area contributed by atoms with Crippen molar-refractivity contribution in [2.75, 3.05) is 24.3 Å². The first-order valence-electron chi connectivity index (χ1n) is 8.48. The Balaban J connectivity index is 1.70. The first-order chi connectivity index (χ1) is 12.6. The molecule has 4 nitrogen and oxygen atoms in total. The van der Waals surface area contributed by atoms with Crippen LogP contribution in [0.25, 0.3) is 0 Å². The van der Waals surface area contributed by atoms with Gasteiger partial charge in [-0.15, -0.1) is 0 Å². The molecular weight excluding hydrogens is 324 g/mol. The predicted molar refractivity (Wildman–Crippen MR) is 106 cm³/mol. The van der Waals surface area contributed by atoms with Gasteiger partial charge in [0.25, 0.3) is 5.91 Å². The molecule has 0 spiro atoms. The van der Waals surface area contributed by atoms with E-state index in [0.717, 1.165) is 16.9 Å². The number of carbonyl (C=O) groups excluding carboxylic acids is 1. The minimum absolute atomic E-state index is 0.163. The highest BCUT2D eigenvalue weighted by molar-refractivity contribution is 6.06. The molecule has 0 aliphatic carbocycles. The normalized spacial score (nSPS) is 10.2. The van der Waals surface area contributed by atoms with E-state index in [-0.39, 0.29) is 5.91 Å². The van der Waals surface area contributed by atoms with E-state index >= 15 is 0 Å². The van der Waals surface area contributed by atoms with Gasteiger partial charge < -0.3 is 15.0 Å². The minimum atomic E-state index is -0.163. The molecule has 132 valence electrons. The third-order valence-corrected chi connectivity index (χ3v) is 3.98. The van der Waals surface area contributed by atoms with Crippen LogP contribution in [0, 0.1) is 0 Å². The number of para-hydroxylation sites is 2. The highest BCUT2D eigenvalue weighted by Gasteiger charge is 2.11. The number of rotatable bonds is 6. The Bertz CT molecular complexity index is 876. The van der Waals surface area contributed by atoms with Crippen molar-refractivity contribution in [2.24, 2.45) is 0 Å². The second-order valence-electron chi connectivity index (χ2n) is 6.17. The van der Waals surface area contributed by atoms with E-state index < -0.39 is 0 Å². The maximum absolute atomic E-state index is 12.6. The van der Waals surface area contributed by atoms with E-state index in [1.54, 1.807) is 12.1 Å². The summed E-state index contributed by atoms with van der Waals surface area (Å²) in [7, 11) is 3.89. The number of amides is 1. The summed E-state index contributed by atoms with van der Waals surface area (Å²) in [4.78, 5) is 14.6. The third kappa shape index (κ3) is 4.42. The molecule has 0 aliphatic heterocycles. The number of carbonyl (C=O) groups is 1. The summed E-state index contributed by atoms with van der Waals surface area (Å²) in [6, 6.07) is 24.9. The number of nitrogens with one attached hydrogen (secondary N) is 1. The molecule has 1 N–H and O–H groups in total. The molecule has 0 saturated carbocycles. The van der Waals surface area contributed by atoms with Crippen molar-refractivity contribution in [2.45, 2.75) is 6.61 Å². The fraction of sp³-hybridized carbons (Fsp3) is 0.136. The summed E-state index contributed by atoms with van der Waals surface area (Å²) in [5.41, 5.74) is 3.38. The van der Waals surface area contributed by atoms with Crippen LogP contribution in [-0.2, 0) is 6.61 Å². The van der Waals surface area contributed by atoms with Gasteiger partial charge in [-0.3, -0.25) is 4.79 Å². The average molecular weight is 346 g/mol. The molecule has 0 heterocycles. The smallest absolute Gasteiger partial charge is 0.255 e. The predicted octanol–water partition coefficient (Wildman–Crippen LogP) is 4.58. The molecule has 0 bridgehead atoms. The van der Waals surface area contributed by atoms with Crippen molar-refractivity contribution in [3.8, 4) is 5.75 Å². The first kappa shape index (κ1) is 17.5. The van der Waals surface area contributed by atoms with E-state index in [9.17, 15) is 4.79 Å². The number of ether oxygens (including phenoxy) is 1. The third-order valence-electron chi connectivity index (χ3n) is 3.98. The van der Waals surface area contributed by atoms with Crippen LogP contribution in [0.15, 0.2) is 78.9 Å². The molecule has 1 amide bonds. The lowest BCUT2D eigenvalue weighted by molar-refractivity contribution is 0.102. The van der Waals surface area contributed by atoms with Crippen LogP contribution >= 0.6 is 0 Å². The Hall–Kier alpha value is -3.27. The molecule has 0 fully saturated rings. The topological polar surface area (TPSA) is 41.6 Å². The van der Waals surface area contributed by atoms with E-state index in [1.165, 1.54) is 0 Å². The summed E-state index contributed by atoms with van der Waals surface area (Å²) in [5, 5.41) is 2.97. The van der Waals surface area contributed by atoms with E-state index in [2.05, 4.69) is 5.32 Å². The molecular formula is C22H22N2O2. The van der Waals surface area contributed by atoms with Crippen molar-refractivity contribution >= 4 is 17.3 Å². The fourth-order valence-electron chi connectivity index (χ4n) is 2.63. The SMILES string of the molecule is CN(C)c1ccccc1NC(=O)c1cccc(OCc2ccccc2)c1. The number of benzene rings is 3. The van der Waals surface area contributed by atoms with Crippen LogP contribution < -0.4 is 15.0 Å². The monoisotopic (exact) mass is 346 g/mol. The van der Waals surface area contributed by atoms with Crippen LogP contribution in [0.4, 0.5) is 11.4 Å². The molecule has 3 aromatic carbocycles. The lowest BCUT2D eigenvalue weighted by Crippen LogP contribution is -2.16. The van der Waals surface area contributed by atoms with Gasteiger partial charge in [0.05, 0.1) is 11.4 Å². The Labute approximate surface area is 154 Å². The van der Waals surface area contributed by atoms with Gasteiger partial charge >= 0.3 is 0 Å². The van der Waals surface area contributed by atoms with Crippen LogP contribution in [0.3, 0.4) is 0 Å². The van der Waals surface area contributed by atoms with Crippen LogP contribution in [-0.4, -0.2) is 20.0 Å². The molecule has 3 aromatic rings. The molecule has 0 radical (unpaired) electrons. The van der Waals surface area contributed by atoms with Gasteiger partial charge in [0.15, 0.2) is 0 Å². The summed E-state index contributed by atoms with van der Waals surface area (Å²) in [5.74, 6) is 0.506. The minimum Gasteiger partial charge on any atom is -0.489 e. The summed E-state index contributed by atoms with van der Waals surface area (Å²) >= 11 is 0. The number of hydrogen-bond donors (Lipinski definition) is 1. The van der Waals surface area contributed by atoms with E-state index in [1.807, 2.05) is 85.7 Å². The first-order valence-corrected chi connectivity index (χ1v) is 8.48. The van der Waals surface area contributed by atoms with Gasteiger partial charge in [0.1, 0.15) is 12.4 Å². The second kappa shape index (κ2) is 8.21. The lowest BCUT2D eigenvalue weighted by Gasteiger charge is -2.17. The fourth-order valence-corrected chi connectivity index (χ4v) is 2.63. The molecule has 0 aliphatic rings. The van der Waals surface area contributed by atoms with Crippen molar-refractivity contribution < 1.29 is 9.53 Å². The highest BCUT2D eigenvalue weighted by atomic mass is 16.5. The molecule has 0 unspecified atom stereocenters. The highest BCUT2D eigenvalue weighted by Crippen LogP contribution is 2.24. The zero-order valence-corrected chi connectivity index (χ0v) is 15.0. The maximum atomic E-state index is 12.6. The van der Waals surface area contributed by atoms with Crippen molar-refractivity contribution in [3.63, 3.8) is 0 Å². The van der Waals surface area contributed by atoms with Gasteiger partial charge in [-0.2, -0.15) is 0 Å². The summed E-state index contributed by atoms with van der Waals surface area (Å²) in [6.45, 7) is 0.468. The van der Waals surface area contributed by atoms with Gasteiger partial charge in [0, 0.05) is 19.7 Å². The average Bonchev–Trinajstić information content (AvgIpc) is 2.67. The van der Waals surface area contributed by atoms with Crippen LogP contribution in [0.2, 0.25) is 0 Å². The molecule has 0 atom stereocenters. The van der Waals surface area contributed by atoms with Crippen LogP contribution in [0.5, 0.6) is 5.75 Å².